The summed E-state index contributed by atoms with van der Waals surface area (Å²) in [5.41, 5.74) is 2.72. The van der Waals surface area contributed by atoms with Crippen LogP contribution in [-0.4, -0.2) is 29.2 Å². The first-order valence-electron chi connectivity index (χ1n) is 8.59. The average Bonchev–Trinajstić information content (AvgIpc) is 2.71. The lowest BCUT2D eigenvalue weighted by atomic mass is 10.1. The predicted octanol–water partition coefficient (Wildman–Crippen LogP) is 2.85. The predicted molar refractivity (Wildman–Crippen MR) is 97.3 cm³/mol. The Labute approximate surface area is 155 Å². The van der Waals surface area contributed by atoms with E-state index in [2.05, 4.69) is 4.98 Å². The van der Waals surface area contributed by atoms with Crippen LogP contribution in [0.1, 0.15) is 23.2 Å². The summed E-state index contributed by atoms with van der Waals surface area (Å²) in [5, 5.41) is 11.2. The molecule has 1 amide bonds. The summed E-state index contributed by atoms with van der Waals surface area (Å²) in [6.45, 7) is 0.918. The number of aromatic nitrogens is 1. The van der Waals surface area contributed by atoms with Crippen molar-refractivity contribution in [2.75, 3.05) is 18.2 Å². The molecule has 2 aliphatic heterocycles. The quantitative estimate of drug-likeness (QED) is 0.470. The van der Waals surface area contributed by atoms with Crippen molar-refractivity contribution in [3.05, 3.63) is 63.5 Å². The number of nitro benzene ring substituents is 1. The number of nitrogens with zero attached hydrogens (tertiary/aromatic N) is 3. The maximum atomic E-state index is 12.7. The van der Waals surface area contributed by atoms with Gasteiger partial charge in [-0.2, -0.15) is 0 Å². The number of ether oxygens (including phenoxy) is 2. The van der Waals surface area contributed by atoms with Crippen molar-refractivity contribution >= 4 is 23.4 Å². The van der Waals surface area contributed by atoms with Crippen LogP contribution in [0.2, 0.25) is 0 Å². The largest absolute Gasteiger partial charge is 0.467 e. The Morgan fingerprint density at radius 1 is 1.37 bits per heavy atom. The van der Waals surface area contributed by atoms with Crippen LogP contribution in [0.5, 0.6) is 5.75 Å². The molecule has 0 bridgehead atoms. The number of pyridine rings is 1. The molecule has 27 heavy (non-hydrogen) atoms. The van der Waals surface area contributed by atoms with Gasteiger partial charge in [0.15, 0.2) is 6.79 Å². The van der Waals surface area contributed by atoms with Crippen LogP contribution in [0.15, 0.2) is 36.5 Å². The number of carbonyl (C=O) groups excluding carboxylic acids is 1. The highest BCUT2D eigenvalue weighted by atomic mass is 16.7. The molecule has 0 N–H and O–H groups in total. The third kappa shape index (κ3) is 3.39. The number of rotatable bonds is 3. The van der Waals surface area contributed by atoms with E-state index < -0.39 is 4.92 Å². The van der Waals surface area contributed by atoms with Gasteiger partial charge in [-0.1, -0.05) is 0 Å². The molecular weight excluding hydrogens is 350 g/mol. The lowest BCUT2D eigenvalue weighted by molar-refractivity contribution is -0.385. The van der Waals surface area contributed by atoms with Crippen molar-refractivity contribution in [2.24, 2.45) is 0 Å². The monoisotopic (exact) mass is 367 g/mol. The van der Waals surface area contributed by atoms with Gasteiger partial charge in [-0.15, -0.1) is 0 Å². The molecule has 4 rings (SSSR count). The molecule has 8 heteroatoms. The van der Waals surface area contributed by atoms with Gasteiger partial charge >= 0.3 is 0 Å². The average molecular weight is 367 g/mol. The molecule has 8 nitrogen and oxygen atoms in total. The lowest BCUT2D eigenvalue weighted by Crippen LogP contribution is -2.34. The van der Waals surface area contributed by atoms with Gasteiger partial charge in [0.1, 0.15) is 5.75 Å². The fourth-order valence-corrected chi connectivity index (χ4v) is 3.33. The first-order valence-corrected chi connectivity index (χ1v) is 8.59. The highest BCUT2D eigenvalue weighted by Crippen LogP contribution is 2.33. The Morgan fingerprint density at radius 2 is 2.26 bits per heavy atom. The summed E-state index contributed by atoms with van der Waals surface area (Å²) in [6, 6.07) is 6.52. The van der Waals surface area contributed by atoms with Gasteiger partial charge < -0.3 is 14.4 Å². The zero-order valence-electron chi connectivity index (χ0n) is 14.5. The molecule has 0 spiro atoms. The number of carbonyl (C=O) groups is 1. The molecule has 1 aromatic carbocycles. The van der Waals surface area contributed by atoms with Gasteiger partial charge in [0.2, 0.25) is 0 Å². The SMILES string of the molecule is O=C(/C=C/c1cc([N+](=O)[O-])cc2c1OCOC2)N1CCCc2ncccc21. The second-order valence-electron chi connectivity index (χ2n) is 6.29. The highest BCUT2D eigenvalue weighted by molar-refractivity contribution is 6.04. The van der Waals surface area contributed by atoms with E-state index in [9.17, 15) is 14.9 Å². The second kappa shape index (κ2) is 7.16. The van der Waals surface area contributed by atoms with Crippen molar-refractivity contribution in [2.45, 2.75) is 19.4 Å². The Kier molecular flexibility index (Phi) is 4.55. The molecule has 1 aromatic heterocycles. The molecule has 0 fully saturated rings. The number of non-ortho nitro benzene ring substituents is 1. The van der Waals surface area contributed by atoms with E-state index in [1.807, 2.05) is 6.07 Å². The Hall–Kier alpha value is -3.26. The van der Waals surface area contributed by atoms with E-state index in [0.29, 0.717) is 23.4 Å². The summed E-state index contributed by atoms with van der Waals surface area (Å²) in [4.78, 5) is 29.4. The Morgan fingerprint density at radius 3 is 3.11 bits per heavy atom. The van der Waals surface area contributed by atoms with E-state index in [-0.39, 0.29) is 25.0 Å². The molecular formula is C19H17N3O5. The zero-order valence-corrected chi connectivity index (χ0v) is 14.5. The molecule has 0 atom stereocenters. The maximum absolute atomic E-state index is 12.7. The minimum absolute atomic E-state index is 0.0672. The maximum Gasteiger partial charge on any atom is 0.270 e. The number of fused-ring (bicyclic) bond motifs is 2. The second-order valence-corrected chi connectivity index (χ2v) is 6.29. The topological polar surface area (TPSA) is 94.8 Å². The Bertz CT molecular complexity index is 941. The van der Waals surface area contributed by atoms with Gasteiger partial charge in [0.25, 0.3) is 11.6 Å². The summed E-state index contributed by atoms with van der Waals surface area (Å²) in [7, 11) is 0. The number of benzene rings is 1. The van der Waals surface area contributed by atoms with E-state index in [4.69, 9.17) is 9.47 Å². The van der Waals surface area contributed by atoms with Gasteiger partial charge in [0.05, 0.1) is 22.9 Å². The van der Waals surface area contributed by atoms with Crippen molar-refractivity contribution < 1.29 is 19.2 Å². The van der Waals surface area contributed by atoms with E-state index in [0.717, 1.165) is 24.2 Å². The molecule has 3 heterocycles. The normalized spacial score (nSPS) is 15.8. The summed E-state index contributed by atoms with van der Waals surface area (Å²) in [6.07, 6.45) is 6.38. The Balaban J connectivity index is 1.64. The van der Waals surface area contributed by atoms with Crippen molar-refractivity contribution in [3.8, 4) is 5.75 Å². The van der Waals surface area contributed by atoms with E-state index in [1.54, 1.807) is 23.2 Å². The zero-order chi connectivity index (χ0) is 18.8. The van der Waals surface area contributed by atoms with Crippen molar-refractivity contribution in [1.29, 1.82) is 0 Å². The minimum atomic E-state index is -0.472. The van der Waals surface area contributed by atoms with Gasteiger partial charge in [-0.25, -0.2) is 0 Å². The van der Waals surface area contributed by atoms with Crippen LogP contribution in [-0.2, 0) is 22.6 Å². The van der Waals surface area contributed by atoms with E-state index in [1.165, 1.54) is 18.2 Å². The standard InChI is InChI=1S/C19H17N3O5/c23-18(21-8-2-3-16-17(21)4-1-7-20-16)6-5-13-9-15(22(24)25)10-14-11-26-12-27-19(13)14/h1,4-7,9-10H,2-3,8,11-12H2/b6-5+. The summed E-state index contributed by atoms with van der Waals surface area (Å²) < 4.78 is 10.7. The van der Waals surface area contributed by atoms with Crippen LogP contribution < -0.4 is 9.64 Å². The van der Waals surface area contributed by atoms with E-state index >= 15 is 0 Å². The highest BCUT2D eigenvalue weighted by Gasteiger charge is 2.23. The summed E-state index contributed by atoms with van der Waals surface area (Å²) in [5.74, 6) is 0.313. The molecule has 0 aliphatic carbocycles. The number of hydrogen-bond acceptors (Lipinski definition) is 6. The molecule has 0 unspecified atom stereocenters. The van der Waals surface area contributed by atoms with Gasteiger partial charge in [-0.05, 0) is 31.1 Å². The summed E-state index contributed by atoms with van der Waals surface area (Å²) >= 11 is 0. The third-order valence-corrected chi connectivity index (χ3v) is 4.56. The fraction of sp³-hybridized carbons (Fsp3) is 0.263. The molecule has 0 radical (unpaired) electrons. The first kappa shape index (κ1) is 17.2. The van der Waals surface area contributed by atoms with Crippen LogP contribution in [0.4, 0.5) is 11.4 Å². The molecule has 0 saturated heterocycles. The lowest BCUT2D eigenvalue weighted by Gasteiger charge is -2.27. The number of nitro groups is 1. The number of hydrogen-bond donors (Lipinski definition) is 0. The van der Waals surface area contributed by atoms with Crippen molar-refractivity contribution in [3.63, 3.8) is 0 Å². The first-order chi connectivity index (χ1) is 13.1. The van der Waals surface area contributed by atoms with Gasteiger partial charge in [-0.3, -0.25) is 19.9 Å². The number of amides is 1. The number of aryl methyl sites for hydroxylation is 1. The van der Waals surface area contributed by atoms with Crippen LogP contribution in [0, 0.1) is 10.1 Å². The fourth-order valence-electron chi connectivity index (χ4n) is 3.33. The molecule has 138 valence electrons. The number of anilines is 1. The van der Waals surface area contributed by atoms with Gasteiger partial charge in [0, 0.05) is 42.1 Å². The van der Waals surface area contributed by atoms with Crippen molar-refractivity contribution in [1.82, 2.24) is 4.98 Å². The smallest absolute Gasteiger partial charge is 0.270 e. The third-order valence-electron chi connectivity index (χ3n) is 4.56. The van der Waals surface area contributed by atoms with Crippen LogP contribution >= 0.6 is 0 Å². The molecule has 2 aromatic rings. The minimum Gasteiger partial charge on any atom is -0.467 e. The van der Waals surface area contributed by atoms with Crippen LogP contribution in [0.3, 0.4) is 0 Å². The molecule has 0 saturated carbocycles. The van der Waals surface area contributed by atoms with Crippen LogP contribution in [0.25, 0.3) is 6.08 Å². The molecule has 2 aliphatic rings.